The third-order valence-electron chi connectivity index (χ3n) is 3.59. The van der Waals surface area contributed by atoms with Gasteiger partial charge in [0, 0.05) is 24.0 Å². The maximum Gasteiger partial charge on any atom is 0.0949 e. The molecule has 3 rings (SSSR count). The van der Waals surface area contributed by atoms with Crippen molar-refractivity contribution in [3.63, 3.8) is 0 Å². The minimum Gasteiger partial charge on any atom is -0.332 e. The molecule has 1 aromatic heterocycles. The number of hydrogen-bond acceptors (Lipinski definition) is 3. The number of hydrogen-bond donors (Lipinski definition) is 1. The third-order valence-corrected chi connectivity index (χ3v) is 4.97. The van der Waals surface area contributed by atoms with Crippen LogP contribution in [0.2, 0.25) is 0 Å². The molecule has 88 valence electrons. The van der Waals surface area contributed by atoms with Gasteiger partial charge in [-0.1, -0.05) is 0 Å². The van der Waals surface area contributed by atoms with Crippen molar-refractivity contribution in [3.05, 3.63) is 18.2 Å². The summed E-state index contributed by atoms with van der Waals surface area (Å²) in [6, 6.07) is 0.550. The summed E-state index contributed by atoms with van der Waals surface area (Å²) in [7, 11) is 0. The lowest BCUT2D eigenvalue weighted by Crippen LogP contribution is -2.19. The van der Waals surface area contributed by atoms with Crippen LogP contribution in [0.4, 0.5) is 0 Å². The summed E-state index contributed by atoms with van der Waals surface area (Å²) in [5, 5.41) is 4.37. The predicted octanol–water partition coefficient (Wildman–Crippen LogP) is 2.20. The minimum absolute atomic E-state index is 0.550. The van der Waals surface area contributed by atoms with Gasteiger partial charge in [0.15, 0.2) is 0 Å². The predicted molar refractivity (Wildman–Crippen MR) is 67.7 cm³/mol. The fourth-order valence-electron chi connectivity index (χ4n) is 2.72. The summed E-state index contributed by atoms with van der Waals surface area (Å²) in [6.45, 7) is 2.31. The molecular weight excluding hydrogens is 218 g/mol. The molecule has 2 fully saturated rings. The number of imidazole rings is 1. The first-order chi connectivity index (χ1) is 7.93. The van der Waals surface area contributed by atoms with Gasteiger partial charge < -0.3 is 9.88 Å². The van der Waals surface area contributed by atoms with Crippen LogP contribution in [0.25, 0.3) is 0 Å². The lowest BCUT2D eigenvalue weighted by Gasteiger charge is -2.16. The summed E-state index contributed by atoms with van der Waals surface area (Å²) in [5.41, 5.74) is 1.39. The second-order valence-corrected chi connectivity index (χ2v) is 6.16. The van der Waals surface area contributed by atoms with Crippen LogP contribution in [0.5, 0.6) is 0 Å². The van der Waals surface area contributed by atoms with Crippen molar-refractivity contribution >= 4 is 11.8 Å². The van der Waals surface area contributed by atoms with Gasteiger partial charge in [-0.15, -0.1) is 0 Å². The van der Waals surface area contributed by atoms with Gasteiger partial charge in [-0.3, -0.25) is 0 Å². The van der Waals surface area contributed by atoms with Crippen LogP contribution in [0.15, 0.2) is 12.5 Å². The fraction of sp³-hybridized carbons (Fsp3) is 0.750. The Labute approximate surface area is 101 Å². The number of nitrogens with zero attached hydrogens (tertiary/aromatic N) is 2. The highest BCUT2D eigenvalue weighted by atomic mass is 32.2. The maximum atomic E-state index is 4.32. The van der Waals surface area contributed by atoms with Gasteiger partial charge >= 0.3 is 0 Å². The van der Waals surface area contributed by atoms with E-state index >= 15 is 0 Å². The van der Waals surface area contributed by atoms with Crippen molar-refractivity contribution in [1.29, 1.82) is 0 Å². The summed E-state index contributed by atoms with van der Waals surface area (Å²) < 4.78 is 2.37. The molecule has 2 aliphatic heterocycles. The highest BCUT2D eigenvalue weighted by molar-refractivity contribution is 8.00. The summed E-state index contributed by atoms with van der Waals surface area (Å²) in [4.78, 5) is 4.32. The molecule has 1 N–H and O–H groups in total. The monoisotopic (exact) mass is 237 g/mol. The zero-order chi connectivity index (χ0) is 10.8. The first-order valence-electron chi connectivity index (χ1n) is 6.28. The van der Waals surface area contributed by atoms with Gasteiger partial charge in [-0.2, -0.15) is 11.8 Å². The Morgan fingerprint density at radius 2 is 2.44 bits per heavy atom. The Hall–Kier alpha value is -0.480. The molecule has 1 aromatic rings. The molecule has 3 nitrogen and oxygen atoms in total. The van der Waals surface area contributed by atoms with Crippen LogP contribution in [0.3, 0.4) is 0 Å². The van der Waals surface area contributed by atoms with Crippen molar-refractivity contribution < 1.29 is 0 Å². The van der Waals surface area contributed by atoms with Gasteiger partial charge in [0.05, 0.1) is 12.0 Å². The molecule has 0 aliphatic carbocycles. The molecule has 16 heavy (non-hydrogen) atoms. The molecular formula is C12H19N3S. The Kier molecular flexibility index (Phi) is 3.20. The first-order valence-corrected chi connectivity index (χ1v) is 7.33. The Morgan fingerprint density at radius 3 is 3.19 bits per heavy atom. The molecule has 4 heteroatoms. The normalized spacial score (nSPS) is 30.0. The lowest BCUT2D eigenvalue weighted by atomic mass is 10.1. The smallest absolute Gasteiger partial charge is 0.0949 e. The van der Waals surface area contributed by atoms with E-state index in [0.29, 0.717) is 6.04 Å². The van der Waals surface area contributed by atoms with Crippen LogP contribution >= 0.6 is 11.8 Å². The van der Waals surface area contributed by atoms with E-state index in [1.54, 1.807) is 0 Å². The lowest BCUT2D eigenvalue weighted by molar-refractivity contribution is 0.549. The van der Waals surface area contributed by atoms with Gasteiger partial charge in [-0.25, -0.2) is 4.98 Å². The van der Waals surface area contributed by atoms with Gasteiger partial charge in [0.1, 0.15) is 0 Å². The summed E-state index contributed by atoms with van der Waals surface area (Å²) >= 11 is 2.12. The molecule has 2 aliphatic rings. The standard InChI is InChI=1S/C12H19N3S/c1-4-11(14-5-1)12-7-13-9-15(12)8-10-3-2-6-16-10/h7,9-11,14H,1-6,8H2. The Morgan fingerprint density at radius 1 is 1.44 bits per heavy atom. The molecule has 0 saturated carbocycles. The van der Waals surface area contributed by atoms with Gasteiger partial charge in [-0.05, 0) is 38.0 Å². The van der Waals surface area contributed by atoms with Crippen molar-refractivity contribution in [2.24, 2.45) is 0 Å². The van der Waals surface area contributed by atoms with Crippen molar-refractivity contribution in [1.82, 2.24) is 14.9 Å². The van der Waals surface area contributed by atoms with Crippen LogP contribution in [0.1, 0.15) is 37.4 Å². The zero-order valence-electron chi connectivity index (χ0n) is 9.56. The van der Waals surface area contributed by atoms with Crippen molar-refractivity contribution in [2.75, 3.05) is 12.3 Å². The second kappa shape index (κ2) is 4.80. The van der Waals surface area contributed by atoms with E-state index in [9.17, 15) is 0 Å². The molecule has 0 amide bonds. The van der Waals surface area contributed by atoms with Crippen LogP contribution in [-0.2, 0) is 6.54 Å². The first kappa shape index (κ1) is 10.7. The summed E-state index contributed by atoms with van der Waals surface area (Å²) in [5.74, 6) is 1.34. The van der Waals surface area contributed by atoms with Crippen LogP contribution in [0, 0.1) is 0 Å². The van der Waals surface area contributed by atoms with E-state index in [-0.39, 0.29) is 0 Å². The molecule has 2 atom stereocenters. The average Bonchev–Trinajstić information content (AvgIpc) is 2.98. The topological polar surface area (TPSA) is 29.9 Å². The van der Waals surface area contributed by atoms with Gasteiger partial charge in [0.25, 0.3) is 0 Å². The number of aromatic nitrogens is 2. The Balaban J connectivity index is 1.71. The maximum absolute atomic E-state index is 4.32. The van der Waals surface area contributed by atoms with Gasteiger partial charge in [0.2, 0.25) is 0 Å². The largest absolute Gasteiger partial charge is 0.332 e. The average molecular weight is 237 g/mol. The molecule has 3 heterocycles. The Bertz CT molecular complexity index is 338. The highest BCUT2D eigenvalue weighted by Crippen LogP contribution is 2.29. The number of nitrogens with one attached hydrogen (secondary N) is 1. The number of thioether (sulfide) groups is 1. The molecule has 2 saturated heterocycles. The molecule has 2 unspecified atom stereocenters. The van der Waals surface area contributed by atoms with E-state index in [1.807, 2.05) is 12.5 Å². The molecule has 0 radical (unpaired) electrons. The highest BCUT2D eigenvalue weighted by Gasteiger charge is 2.22. The minimum atomic E-state index is 0.550. The third kappa shape index (κ3) is 2.13. The molecule has 0 bridgehead atoms. The molecule has 0 aromatic carbocycles. The van der Waals surface area contributed by atoms with Crippen LogP contribution in [-0.4, -0.2) is 27.1 Å². The van der Waals surface area contributed by atoms with E-state index in [0.717, 1.165) is 18.3 Å². The van der Waals surface area contributed by atoms with E-state index in [4.69, 9.17) is 0 Å². The molecule has 0 spiro atoms. The quantitative estimate of drug-likeness (QED) is 0.874. The van der Waals surface area contributed by atoms with Crippen LogP contribution < -0.4 is 5.32 Å². The van der Waals surface area contributed by atoms with Crippen molar-refractivity contribution in [3.8, 4) is 0 Å². The zero-order valence-corrected chi connectivity index (χ0v) is 10.4. The number of rotatable bonds is 3. The fourth-order valence-corrected chi connectivity index (χ4v) is 3.98. The SMILES string of the molecule is c1ncn(CC2CCCS2)c1C1CCCN1. The van der Waals surface area contributed by atoms with E-state index in [1.165, 1.54) is 37.1 Å². The van der Waals surface area contributed by atoms with Crippen molar-refractivity contribution in [2.45, 2.75) is 43.5 Å². The second-order valence-electron chi connectivity index (χ2n) is 4.75. The van der Waals surface area contributed by atoms with E-state index < -0.39 is 0 Å². The van der Waals surface area contributed by atoms with E-state index in [2.05, 4.69) is 26.6 Å². The summed E-state index contributed by atoms with van der Waals surface area (Å²) in [6.07, 6.45) is 9.38.